The zero-order chi connectivity index (χ0) is 51.0. The molecule has 0 aromatic heterocycles. The summed E-state index contributed by atoms with van der Waals surface area (Å²) in [5, 5.41) is 1.19. The van der Waals surface area contributed by atoms with Gasteiger partial charge in [-0.05, 0) is 126 Å². The molecule has 0 amide bonds. The fourth-order valence-corrected chi connectivity index (χ4v) is 7.08. The summed E-state index contributed by atoms with van der Waals surface area (Å²) in [5.74, 6) is 0. The van der Waals surface area contributed by atoms with Gasteiger partial charge in [0.2, 0.25) is 0 Å². The molecule has 0 aliphatic rings. The first kappa shape index (κ1) is 21.6. The third-order valence-electron chi connectivity index (χ3n) is 9.86. The summed E-state index contributed by atoms with van der Waals surface area (Å²) in [6.07, 6.45) is 0. The van der Waals surface area contributed by atoms with E-state index in [0.29, 0.717) is 5.56 Å². The minimum Gasteiger partial charge on any atom is -0.311 e. The molecule has 0 spiro atoms. The highest BCUT2D eigenvalue weighted by Gasteiger charge is 2.16. The monoisotopic (exact) mass is 740 g/mol. The smallest absolute Gasteiger partial charge is 0.0645 e. The molecule has 10 aromatic rings. The molecule has 0 bridgehead atoms. The molecule has 268 valence electrons. The van der Waals surface area contributed by atoms with E-state index >= 15 is 0 Å². The largest absolute Gasteiger partial charge is 0.311 e. The number of hydrogen-bond acceptors (Lipinski definition) is 1. The maximum absolute atomic E-state index is 9.62. The highest BCUT2D eigenvalue weighted by molar-refractivity contribution is 6.04. The molecule has 0 saturated carbocycles. The van der Waals surface area contributed by atoms with Gasteiger partial charge in [-0.15, -0.1) is 0 Å². The second-order valence-corrected chi connectivity index (χ2v) is 13.4. The minimum absolute atomic E-state index is 0.00657. The molecule has 0 aliphatic heterocycles. The van der Waals surface area contributed by atoms with Gasteiger partial charge < -0.3 is 4.90 Å². The van der Waals surface area contributed by atoms with Gasteiger partial charge in [-0.25, -0.2) is 0 Å². The quantitative estimate of drug-likeness (QED) is 0.150. The highest BCUT2D eigenvalue weighted by atomic mass is 15.1. The molecule has 0 aliphatic carbocycles. The number of nitrogens with zero attached hydrogens (tertiary/aromatic N) is 1. The Hall–Kier alpha value is -7.48. The van der Waals surface area contributed by atoms with Crippen LogP contribution >= 0.6 is 0 Å². The SMILES string of the molecule is [2H]c1c([2H])c(N(c2ccc(-c3ccc4ccccc4c3-c3ccccc3)cc2)c2c([2H])c([2H])c(-c3c([2H])c([2H])c4c([2H])c([2H])c([2H])c([2H])c4c3[2H])c([2H])c2[2H])c([2H])c([2H])c1-c1cccc(-c2ccccc2)c1. The van der Waals surface area contributed by atoms with E-state index in [9.17, 15) is 12.3 Å². The van der Waals surface area contributed by atoms with Gasteiger partial charge in [0.05, 0.1) is 20.6 Å². The normalized spacial score (nSPS) is 14.8. The average molecular weight is 741 g/mol. The molecule has 0 N–H and O–H groups in total. The van der Waals surface area contributed by atoms with Gasteiger partial charge in [-0.3, -0.25) is 0 Å². The lowest BCUT2D eigenvalue weighted by Crippen LogP contribution is -2.09. The van der Waals surface area contributed by atoms with E-state index < -0.39 is 118 Å². The highest BCUT2D eigenvalue weighted by Crippen LogP contribution is 2.41. The Morgan fingerprint density at radius 2 is 0.877 bits per heavy atom. The van der Waals surface area contributed by atoms with E-state index in [0.717, 1.165) is 49.1 Å². The van der Waals surface area contributed by atoms with E-state index in [2.05, 4.69) is 0 Å². The Kier molecular flexibility index (Phi) is 5.67. The Balaban J connectivity index is 1.22. The van der Waals surface area contributed by atoms with Crippen molar-refractivity contribution in [2.75, 3.05) is 4.90 Å². The topological polar surface area (TPSA) is 3.24 Å². The maximum atomic E-state index is 9.62. The molecule has 10 rings (SSSR count). The molecule has 0 heterocycles. The van der Waals surface area contributed by atoms with E-state index in [1.165, 1.54) is 0 Å². The van der Waals surface area contributed by atoms with E-state index in [-0.39, 0.29) is 16.9 Å². The van der Waals surface area contributed by atoms with Crippen molar-refractivity contribution in [3.05, 3.63) is 236 Å². The van der Waals surface area contributed by atoms with Crippen molar-refractivity contribution in [3.8, 4) is 55.6 Å². The van der Waals surface area contributed by atoms with Crippen LogP contribution < -0.4 is 4.90 Å². The standard InChI is InChI=1S/C56H39N/c1-3-12-40(13-4-1)48-19-11-20-49(38-48)42-24-31-51(32-25-42)57(52-33-26-43(27-34-52)50-23-22-41-14-7-8-18-47(41)39-50)53-35-28-45(29-36-53)55-37-30-44-15-9-10-21-54(44)56(55)46-16-5-2-6-17-46/h1-39H/i7D,8D,14D,18D,22D,23D,24D,25D,26D,27D,31D,32D,33D,34D,39D. The third kappa shape index (κ3) is 6.77. The lowest BCUT2D eigenvalue weighted by atomic mass is 9.90. The van der Waals surface area contributed by atoms with Crippen molar-refractivity contribution in [3.63, 3.8) is 0 Å². The molecule has 0 fully saturated rings. The Labute approximate surface area is 355 Å². The fraction of sp³-hybridized carbons (Fsp3) is 0. The van der Waals surface area contributed by atoms with Crippen LogP contribution in [0.15, 0.2) is 236 Å². The zero-order valence-corrected chi connectivity index (χ0v) is 30.3. The number of rotatable bonds is 8. The summed E-state index contributed by atoms with van der Waals surface area (Å²) in [7, 11) is 0. The summed E-state index contributed by atoms with van der Waals surface area (Å²) in [6.45, 7) is 0. The average Bonchev–Trinajstić information content (AvgIpc) is 3.40. The van der Waals surface area contributed by atoms with Crippen LogP contribution in [-0.2, 0) is 0 Å². The molecule has 57 heavy (non-hydrogen) atoms. The first-order valence-electron chi connectivity index (χ1n) is 25.9. The minimum atomic E-state index is -0.789. The van der Waals surface area contributed by atoms with Gasteiger partial charge in [0, 0.05) is 17.1 Å². The van der Waals surface area contributed by atoms with Gasteiger partial charge in [0.15, 0.2) is 0 Å². The predicted molar refractivity (Wildman–Crippen MR) is 243 cm³/mol. The first-order valence-corrected chi connectivity index (χ1v) is 18.4. The molecule has 1 nitrogen and oxygen atoms in total. The molecule has 0 saturated heterocycles. The first-order chi connectivity index (χ1) is 34.5. The summed E-state index contributed by atoms with van der Waals surface area (Å²) in [4.78, 5) is 1.16. The number of anilines is 3. The molecule has 0 radical (unpaired) electrons. The van der Waals surface area contributed by atoms with Crippen LogP contribution in [0.4, 0.5) is 17.1 Å². The molecule has 10 aromatic carbocycles. The van der Waals surface area contributed by atoms with Gasteiger partial charge in [-0.2, -0.15) is 0 Å². The van der Waals surface area contributed by atoms with E-state index in [1.807, 2.05) is 103 Å². The number of hydrogen-bond donors (Lipinski definition) is 0. The second kappa shape index (κ2) is 15.0. The molecule has 0 unspecified atom stereocenters. The van der Waals surface area contributed by atoms with Crippen molar-refractivity contribution in [2.45, 2.75) is 0 Å². The molecule has 1 heteroatoms. The van der Waals surface area contributed by atoms with Gasteiger partial charge >= 0.3 is 0 Å². The summed E-state index contributed by atoms with van der Waals surface area (Å²) in [6, 6.07) is 35.4. The fourth-order valence-electron chi connectivity index (χ4n) is 7.08. The summed E-state index contributed by atoms with van der Waals surface area (Å²) in [5.41, 5.74) is 3.71. The second-order valence-electron chi connectivity index (χ2n) is 13.4. The zero-order valence-electron chi connectivity index (χ0n) is 45.3. The van der Waals surface area contributed by atoms with Crippen molar-refractivity contribution in [1.29, 1.82) is 0 Å². The predicted octanol–water partition coefficient (Wildman–Crippen LogP) is 15.8. The Morgan fingerprint density at radius 3 is 1.58 bits per heavy atom. The van der Waals surface area contributed by atoms with E-state index in [1.54, 1.807) is 42.5 Å². The lowest BCUT2D eigenvalue weighted by Gasteiger charge is -2.26. The van der Waals surface area contributed by atoms with Crippen LogP contribution in [0.5, 0.6) is 0 Å². The van der Waals surface area contributed by atoms with Crippen molar-refractivity contribution >= 4 is 38.6 Å². The summed E-state index contributed by atoms with van der Waals surface area (Å²) >= 11 is 0. The van der Waals surface area contributed by atoms with Crippen LogP contribution in [-0.4, -0.2) is 0 Å². The van der Waals surface area contributed by atoms with Gasteiger partial charge in [-0.1, -0.05) is 188 Å². The Bertz CT molecular complexity index is 3800. The van der Waals surface area contributed by atoms with Crippen molar-refractivity contribution < 1.29 is 20.6 Å². The van der Waals surface area contributed by atoms with Crippen molar-refractivity contribution in [2.24, 2.45) is 0 Å². The number of fused-ring (bicyclic) bond motifs is 2. The van der Waals surface area contributed by atoms with Crippen LogP contribution in [0.1, 0.15) is 20.6 Å². The Morgan fingerprint density at radius 1 is 0.316 bits per heavy atom. The number of benzene rings is 10. The lowest BCUT2D eigenvalue weighted by molar-refractivity contribution is 1.28. The van der Waals surface area contributed by atoms with Crippen LogP contribution in [0.2, 0.25) is 0 Å². The van der Waals surface area contributed by atoms with Crippen LogP contribution in [0, 0.1) is 0 Å². The van der Waals surface area contributed by atoms with Crippen LogP contribution in [0.3, 0.4) is 0 Å². The molecular weight excluding hydrogens is 687 g/mol. The third-order valence-corrected chi connectivity index (χ3v) is 9.86. The maximum Gasteiger partial charge on any atom is 0.0645 e. The van der Waals surface area contributed by atoms with Crippen LogP contribution in [0.25, 0.3) is 77.2 Å². The molecule has 0 atom stereocenters. The van der Waals surface area contributed by atoms with Gasteiger partial charge in [0.25, 0.3) is 0 Å². The van der Waals surface area contributed by atoms with E-state index in [4.69, 9.17) is 8.22 Å². The van der Waals surface area contributed by atoms with Gasteiger partial charge in [0.1, 0.15) is 0 Å². The summed E-state index contributed by atoms with van der Waals surface area (Å²) < 4.78 is 137. The van der Waals surface area contributed by atoms with Crippen molar-refractivity contribution in [1.82, 2.24) is 0 Å². The molecular formula is C56H39N.